The van der Waals surface area contributed by atoms with Crippen molar-refractivity contribution in [3.8, 4) is 11.5 Å². The Morgan fingerprint density at radius 1 is 1.11 bits per heavy atom. The highest BCUT2D eigenvalue weighted by Crippen LogP contribution is 2.33. The lowest BCUT2D eigenvalue weighted by molar-refractivity contribution is 0.0949. The van der Waals surface area contributed by atoms with Crippen molar-refractivity contribution in [2.45, 2.75) is 39.7 Å². The predicted octanol–water partition coefficient (Wildman–Crippen LogP) is 2.88. The average Bonchev–Trinajstić information content (AvgIpc) is 3.11. The molecule has 0 unspecified atom stereocenters. The summed E-state index contributed by atoms with van der Waals surface area (Å²) in [6.45, 7) is 8.31. The molecule has 1 aliphatic rings. The average molecular weight is 482 g/mol. The van der Waals surface area contributed by atoms with Gasteiger partial charge in [0.05, 0.1) is 13.2 Å². The van der Waals surface area contributed by atoms with Gasteiger partial charge in [-0.3, -0.25) is 15.0 Å². The maximum Gasteiger partial charge on any atom is 0.412 e. The van der Waals surface area contributed by atoms with Crippen molar-refractivity contribution in [1.82, 2.24) is 20.5 Å². The summed E-state index contributed by atoms with van der Waals surface area (Å²) in [4.78, 5) is 43.2. The highest BCUT2D eigenvalue weighted by molar-refractivity contribution is 6.05. The lowest BCUT2D eigenvalue weighted by atomic mass is 9.85. The van der Waals surface area contributed by atoms with Gasteiger partial charge in [-0.2, -0.15) is 0 Å². The molecular formula is C25H31N5O5. The van der Waals surface area contributed by atoms with Gasteiger partial charge < -0.3 is 25.0 Å². The number of nitrogens with zero attached hydrogens (tertiary/aromatic N) is 2. The van der Waals surface area contributed by atoms with Gasteiger partial charge in [0.25, 0.3) is 5.91 Å². The molecule has 0 bridgehead atoms. The molecular weight excluding hydrogens is 450 g/mol. The minimum absolute atomic E-state index is 0.0479. The fourth-order valence-electron chi connectivity index (χ4n) is 3.77. The van der Waals surface area contributed by atoms with Gasteiger partial charge in [0.15, 0.2) is 17.2 Å². The Bertz CT molecular complexity index is 1190. The molecule has 1 aromatic carbocycles. The van der Waals surface area contributed by atoms with Crippen LogP contribution in [0.2, 0.25) is 0 Å². The number of nitrogens with one attached hydrogen (secondary N) is 3. The summed E-state index contributed by atoms with van der Waals surface area (Å²) in [5.41, 5.74) is 1.94. The fraction of sp³-hybridized carbons (Fsp3) is 0.400. The van der Waals surface area contributed by atoms with E-state index in [2.05, 4.69) is 15.6 Å². The Balaban J connectivity index is 1.86. The van der Waals surface area contributed by atoms with Crippen molar-refractivity contribution >= 4 is 23.6 Å². The summed E-state index contributed by atoms with van der Waals surface area (Å²) in [6, 6.07) is 6.65. The van der Waals surface area contributed by atoms with Crippen LogP contribution in [0.15, 0.2) is 24.3 Å². The van der Waals surface area contributed by atoms with E-state index in [1.807, 2.05) is 27.7 Å². The number of hydrogen-bond donors (Lipinski definition) is 3. The standard InChI is InChI=1S/C25H31N5O5/c1-7-34-19-11-15-12-30(22(26)20(15)29-21(19)23(32)27-5)13-17(31)14-8-9-18(35-24(33)28-6)16(10-14)25(2,3)4/h8-11,26H,7,12-13H2,1-6H3,(H,27,32)(H,28,33). The lowest BCUT2D eigenvalue weighted by Gasteiger charge is -2.23. The first-order chi connectivity index (χ1) is 16.5. The molecule has 0 radical (unpaired) electrons. The van der Waals surface area contributed by atoms with Crippen LogP contribution in [0.3, 0.4) is 0 Å². The van der Waals surface area contributed by atoms with Gasteiger partial charge in [-0.1, -0.05) is 20.8 Å². The van der Waals surface area contributed by atoms with Gasteiger partial charge >= 0.3 is 6.09 Å². The third-order valence-corrected chi connectivity index (χ3v) is 5.56. The third-order valence-electron chi connectivity index (χ3n) is 5.56. The number of ketones is 1. The van der Waals surface area contributed by atoms with E-state index < -0.39 is 12.0 Å². The molecule has 2 heterocycles. The number of rotatable bonds is 7. The zero-order chi connectivity index (χ0) is 25.9. The largest absolute Gasteiger partial charge is 0.491 e. The van der Waals surface area contributed by atoms with Crippen molar-refractivity contribution in [1.29, 1.82) is 5.41 Å². The van der Waals surface area contributed by atoms with Crippen LogP contribution in [0.1, 0.15) is 65.4 Å². The first-order valence-electron chi connectivity index (χ1n) is 11.3. The van der Waals surface area contributed by atoms with Gasteiger partial charge in [0, 0.05) is 37.3 Å². The van der Waals surface area contributed by atoms with Gasteiger partial charge in [-0.25, -0.2) is 9.78 Å². The smallest absolute Gasteiger partial charge is 0.412 e. The van der Waals surface area contributed by atoms with Crippen LogP contribution in [0.5, 0.6) is 11.5 Å². The molecule has 35 heavy (non-hydrogen) atoms. The van der Waals surface area contributed by atoms with Crippen LogP contribution in [0.25, 0.3) is 0 Å². The van der Waals surface area contributed by atoms with Crippen LogP contribution in [-0.2, 0) is 12.0 Å². The number of fused-ring (bicyclic) bond motifs is 1. The quantitative estimate of drug-likeness (QED) is 0.518. The molecule has 2 aromatic rings. The first-order valence-corrected chi connectivity index (χ1v) is 11.3. The Kier molecular flexibility index (Phi) is 7.42. The molecule has 1 aliphatic heterocycles. The number of carbonyl (C=O) groups is 3. The van der Waals surface area contributed by atoms with E-state index in [4.69, 9.17) is 14.9 Å². The number of Topliss-reactive ketones (excluding diaryl/α,β-unsaturated/α-hetero) is 1. The zero-order valence-corrected chi connectivity index (χ0v) is 20.9. The van der Waals surface area contributed by atoms with Crippen molar-refractivity contribution in [3.63, 3.8) is 0 Å². The monoisotopic (exact) mass is 481 g/mol. The normalized spacial score (nSPS) is 12.7. The molecule has 0 saturated heterocycles. The van der Waals surface area contributed by atoms with Crippen molar-refractivity contribution in [2.24, 2.45) is 0 Å². The van der Waals surface area contributed by atoms with E-state index in [0.717, 1.165) is 0 Å². The minimum atomic E-state index is -0.590. The molecule has 1 aromatic heterocycles. The topological polar surface area (TPSA) is 134 Å². The summed E-state index contributed by atoms with van der Waals surface area (Å²) < 4.78 is 10.9. The van der Waals surface area contributed by atoms with E-state index in [0.29, 0.717) is 47.0 Å². The number of benzene rings is 1. The SMILES string of the molecule is CCOc1cc2c(nc1C(=O)NC)C(=N)N(CC(=O)c1ccc(OC(=O)NC)c(C(C)(C)C)c1)C2. The van der Waals surface area contributed by atoms with Crippen LogP contribution in [0, 0.1) is 5.41 Å². The number of pyridine rings is 1. The molecule has 3 rings (SSSR count). The van der Waals surface area contributed by atoms with Gasteiger partial charge in [-0.15, -0.1) is 0 Å². The zero-order valence-electron chi connectivity index (χ0n) is 20.9. The predicted molar refractivity (Wildman–Crippen MR) is 131 cm³/mol. The van der Waals surface area contributed by atoms with Crippen molar-refractivity contribution in [3.05, 3.63) is 52.3 Å². The molecule has 10 nitrogen and oxygen atoms in total. The molecule has 186 valence electrons. The maximum absolute atomic E-state index is 13.2. The van der Waals surface area contributed by atoms with Gasteiger partial charge in [0.1, 0.15) is 17.3 Å². The molecule has 2 amide bonds. The summed E-state index contributed by atoms with van der Waals surface area (Å²) in [6.07, 6.45) is -0.590. The Labute approximate surface area is 204 Å². The number of carbonyl (C=O) groups excluding carboxylic acids is 3. The molecule has 0 fully saturated rings. The summed E-state index contributed by atoms with van der Waals surface area (Å²) in [5.74, 6) is 0.179. The second-order valence-electron chi connectivity index (χ2n) is 9.08. The van der Waals surface area contributed by atoms with Gasteiger partial charge in [0.2, 0.25) is 0 Å². The molecule has 0 aliphatic carbocycles. The first kappa shape index (κ1) is 25.7. The van der Waals surface area contributed by atoms with E-state index >= 15 is 0 Å². The molecule has 0 spiro atoms. The van der Waals surface area contributed by atoms with Crippen LogP contribution < -0.4 is 20.1 Å². The number of ether oxygens (including phenoxy) is 2. The van der Waals surface area contributed by atoms with Gasteiger partial charge in [-0.05, 0) is 36.6 Å². The Morgan fingerprint density at radius 2 is 1.83 bits per heavy atom. The number of hydrogen-bond acceptors (Lipinski definition) is 7. The maximum atomic E-state index is 13.2. The summed E-state index contributed by atoms with van der Waals surface area (Å²) in [5, 5.41) is 13.5. The number of amides is 2. The number of aromatic nitrogens is 1. The fourth-order valence-corrected chi connectivity index (χ4v) is 3.77. The summed E-state index contributed by atoms with van der Waals surface area (Å²) >= 11 is 0. The highest BCUT2D eigenvalue weighted by Gasteiger charge is 2.31. The van der Waals surface area contributed by atoms with Crippen molar-refractivity contribution in [2.75, 3.05) is 27.2 Å². The Morgan fingerprint density at radius 3 is 2.43 bits per heavy atom. The van der Waals surface area contributed by atoms with E-state index in [1.54, 1.807) is 29.2 Å². The molecule has 10 heteroatoms. The molecule has 0 saturated carbocycles. The molecule has 0 atom stereocenters. The lowest BCUT2D eigenvalue weighted by Crippen LogP contribution is -2.31. The highest BCUT2D eigenvalue weighted by atomic mass is 16.6. The van der Waals surface area contributed by atoms with Crippen LogP contribution in [0.4, 0.5) is 4.79 Å². The third kappa shape index (κ3) is 5.42. The second-order valence-corrected chi connectivity index (χ2v) is 9.08. The van der Waals surface area contributed by atoms with Crippen molar-refractivity contribution < 1.29 is 23.9 Å². The summed E-state index contributed by atoms with van der Waals surface area (Å²) in [7, 11) is 2.98. The number of amidine groups is 1. The van der Waals surface area contributed by atoms with Crippen LogP contribution >= 0.6 is 0 Å². The molecule has 3 N–H and O–H groups in total. The second kappa shape index (κ2) is 10.1. The van der Waals surface area contributed by atoms with E-state index in [-0.39, 0.29) is 29.3 Å². The van der Waals surface area contributed by atoms with E-state index in [1.165, 1.54) is 14.1 Å². The van der Waals surface area contributed by atoms with Crippen LogP contribution in [-0.4, -0.2) is 60.8 Å². The Hall–Kier alpha value is -3.95. The van der Waals surface area contributed by atoms with E-state index in [9.17, 15) is 14.4 Å². The minimum Gasteiger partial charge on any atom is -0.491 e.